The average molecular weight is 346 g/mol. The van der Waals surface area contributed by atoms with E-state index >= 15 is 0 Å². The van der Waals surface area contributed by atoms with Crippen LogP contribution in [-0.4, -0.2) is 9.97 Å². The Kier molecular flexibility index (Phi) is 4.76. The van der Waals surface area contributed by atoms with Crippen molar-refractivity contribution in [2.45, 2.75) is 27.7 Å². The highest BCUT2D eigenvalue weighted by Gasteiger charge is 2.11. The highest BCUT2D eigenvalue weighted by atomic mass is 16.1. The van der Waals surface area contributed by atoms with E-state index in [9.17, 15) is 9.59 Å². The highest BCUT2D eigenvalue weighted by Crippen LogP contribution is 2.18. The summed E-state index contributed by atoms with van der Waals surface area (Å²) in [5.41, 5.74) is 2.57. The first kappa shape index (κ1) is 17.7. The molecule has 0 amide bonds. The maximum Gasteiger partial charge on any atom is 0.197 e. The summed E-state index contributed by atoms with van der Waals surface area (Å²) >= 11 is 0. The minimum absolute atomic E-state index is 0.0396. The third kappa shape index (κ3) is 2.73. The fourth-order valence-electron chi connectivity index (χ4n) is 3.29. The van der Waals surface area contributed by atoms with Gasteiger partial charge in [-0.2, -0.15) is 0 Å². The zero-order valence-electron chi connectivity index (χ0n) is 15.4. The number of aromatic amines is 2. The molecule has 0 aliphatic heterocycles. The molecule has 1 aromatic carbocycles. The molecule has 2 heterocycles. The Hall–Kier alpha value is -3.14. The standard InChI is InChI=1S/C22H22N2O2/c1-5-9-14-18(10-6-2)24-20-11-15-19(12-16(20)22(14)26)23-17(8-4)13(7-3)21(15)25/h5-12,23H,1-4H3,(H,24,26)/b9-5-,10-6-,13-7+,17-8+. The zero-order valence-corrected chi connectivity index (χ0v) is 15.4. The van der Waals surface area contributed by atoms with Crippen LogP contribution in [0.5, 0.6) is 0 Å². The number of H-pyrrole nitrogens is 2. The lowest BCUT2D eigenvalue weighted by molar-refractivity contribution is 1.25. The number of nitrogens with one attached hydrogen (secondary N) is 2. The first-order valence-corrected chi connectivity index (χ1v) is 8.69. The van der Waals surface area contributed by atoms with Crippen LogP contribution in [0.15, 0.2) is 33.9 Å². The maximum absolute atomic E-state index is 13.0. The molecule has 0 unspecified atom stereocenters. The molecular formula is C22H22N2O2. The van der Waals surface area contributed by atoms with Crippen LogP contribution in [0, 0.1) is 0 Å². The van der Waals surface area contributed by atoms with Crippen LogP contribution in [0.4, 0.5) is 0 Å². The molecule has 0 bridgehead atoms. The second-order valence-corrected chi connectivity index (χ2v) is 6.08. The Morgan fingerprint density at radius 3 is 1.96 bits per heavy atom. The van der Waals surface area contributed by atoms with E-state index in [1.807, 2.05) is 52.0 Å². The predicted molar refractivity (Wildman–Crippen MR) is 112 cm³/mol. The Bertz CT molecular complexity index is 1300. The van der Waals surface area contributed by atoms with Gasteiger partial charge in [-0.1, -0.05) is 30.4 Å². The molecule has 0 atom stereocenters. The summed E-state index contributed by atoms with van der Waals surface area (Å²) in [6.07, 6.45) is 11.1. The maximum atomic E-state index is 13.0. The van der Waals surface area contributed by atoms with Crippen LogP contribution in [-0.2, 0) is 0 Å². The first-order chi connectivity index (χ1) is 12.5. The van der Waals surface area contributed by atoms with Gasteiger partial charge in [-0.25, -0.2) is 0 Å². The topological polar surface area (TPSA) is 65.7 Å². The SMILES string of the molecule is C/C=C\c1[nH]c2cc3c(=O)c(=C/C)/c(=C\C)[nH]c3cc2c(=O)c1/C=C\C. The largest absolute Gasteiger partial charge is 0.355 e. The van der Waals surface area contributed by atoms with E-state index in [-0.39, 0.29) is 10.9 Å². The van der Waals surface area contributed by atoms with Crippen molar-refractivity contribution in [2.75, 3.05) is 0 Å². The summed E-state index contributed by atoms with van der Waals surface area (Å²) < 4.78 is 0. The van der Waals surface area contributed by atoms with E-state index in [0.717, 1.165) is 11.0 Å². The minimum Gasteiger partial charge on any atom is -0.355 e. The van der Waals surface area contributed by atoms with Gasteiger partial charge in [0.1, 0.15) is 0 Å². The molecule has 0 radical (unpaired) electrons. The number of fused-ring (bicyclic) bond motifs is 2. The van der Waals surface area contributed by atoms with Crippen LogP contribution in [0.25, 0.3) is 46.1 Å². The lowest BCUT2D eigenvalue weighted by Gasteiger charge is -2.08. The summed E-state index contributed by atoms with van der Waals surface area (Å²) in [4.78, 5) is 32.4. The summed E-state index contributed by atoms with van der Waals surface area (Å²) in [5.74, 6) is 0. The molecule has 0 spiro atoms. The van der Waals surface area contributed by atoms with Gasteiger partial charge in [0, 0.05) is 32.6 Å². The Labute approximate surface area is 150 Å². The molecule has 3 aromatic rings. The highest BCUT2D eigenvalue weighted by molar-refractivity contribution is 5.95. The Morgan fingerprint density at radius 1 is 0.769 bits per heavy atom. The predicted octanol–water partition coefficient (Wildman–Crippen LogP) is 3.04. The fourth-order valence-corrected chi connectivity index (χ4v) is 3.29. The van der Waals surface area contributed by atoms with Gasteiger partial charge in [-0.05, 0) is 45.9 Å². The number of pyridine rings is 2. The van der Waals surface area contributed by atoms with Crippen LogP contribution in [0.3, 0.4) is 0 Å². The zero-order chi connectivity index (χ0) is 18.8. The number of rotatable bonds is 2. The van der Waals surface area contributed by atoms with Crippen molar-refractivity contribution in [1.29, 1.82) is 0 Å². The molecule has 2 aromatic heterocycles. The van der Waals surface area contributed by atoms with Crippen molar-refractivity contribution >= 4 is 46.1 Å². The third-order valence-electron chi connectivity index (χ3n) is 4.50. The molecule has 0 aliphatic carbocycles. The molecule has 0 fully saturated rings. The molecule has 2 N–H and O–H groups in total. The van der Waals surface area contributed by atoms with Gasteiger partial charge >= 0.3 is 0 Å². The quantitative estimate of drug-likeness (QED) is 0.701. The summed E-state index contributed by atoms with van der Waals surface area (Å²) in [6, 6.07) is 3.54. The summed E-state index contributed by atoms with van der Waals surface area (Å²) in [7, 11) is 0. The Morgan fingerprint density at radius 2 is 1.38 bits per heavy atom. The molecule has 0 aliphatic rings. The molecule has 26 heavy (non-hydrogen) atoms. The summed E-state index contributed by atoms with van der Waals surface area (Å²) in [6.45, 7) is 7.51. The van der Waals surface area contributed by atoms with E-state index in [4.69, 9.17) is 0 Å². The first-order valence-electron chi connectivity index (χ1n) is 8.69. The monoisotopic (exact) mass is 346 g/mol. The molecule has 0 saturated heterocycles. The lowest BCUT2D eigenvalue weighted by atomic mass is 10.0. The Balaban J connectivity index is 2.58. The van der Waals surface area contributed by atoms with Gasteiger partial charge in [0.05, 0.1) is 11.0 Å². The number of benzene rings is 1. The van der Waals surface area contributed by atoms with Crippen LogP contribution in [0.1, 0.15) is 39.0 Å². The van der Waals surface area contributed by atoms with Crippen molar-refractivity contribution in [3.8, 4) is 0 Å². The number of hydrogen-bond acceptors (Lipinski definition) is 2. The van der Waals surface area contributed by atoms with E-state index in [1.165, 1.54) is 0 Å². The average Bonchev–Trinajstić information content (AvgIpc) is 2.64. The molecule has 132 valence electrons. The lowest BCUT2D eigenvalue weighted by Crippen LogP contribution is -2.40. The van der Waals surface area contributed by atoms with E-state index in [0.29, 0.717) is 32.6 Å². The third-order valence-corrected chi connectivity index (χ3v) is 4.50. The van der Waals surface area contributed by atoms with Gasteiger partial charge < -0.3 is 9.97 Å². The minimum atomic E-state index is -0.0548. The van der Waals surface area contributed by atoms with Crippen molar-refractivity contribution in [1.82, 2.24) is 9.97 Å². The normalized spacial score (nSPS) is 13.8. The smallest absolute Gasteiger partial charge is 0.197 e. The van der Waals surface area contributed by atoms with Crippen molar-refractivity contribution in [3.63, 3.8) is 0 Å². The van der Waals surface area contributed by atoms with Crippen LogP contribution < -0.4 is 21.4 Å². The van der Waals surface area contributed by atoms with Gasteiger partial charge in [-0.3, -0.25) is 9.59 Å². The van der Waals surface area contributed by atoms with E-state index < -0.39 is 0 Å². The van der Waals surface area contributed by atoms with Gasteiger partial charge in [0.2, 0.25) is 0 Å². The van der Waals surface area contributed by atoms with Gasteiger partial charge in [-0.15, -0.1) is 0 Å². The molecule has 4 nitrogen and oxygen atoms in total. The van der Waals surface area contributed by atoms with E-state index in [2.05, 4.69) is 9.97 Å². The molecule has 3 rings (SSSR count). The molecule has 0 saturated carbocycles. The van der Waals surface area contributed by atoms with E-state index in [1.54, 1.807) is 24.3 Å². The molecular weight excluding hydrogens is 324 g/mol. The summed E-state index contributed by atoms with van der Waals surface area (Å²) in [5, 5.41) is 2.53. The second kappa shape index (κ2) is 7.00. The van der Waals surface area contributed by atoms with Crippen molar-refractivity contribution in [3.05, 3.63) is 66.6 Å². The van der Waals surface area contributed by atoms with Crippen LogP contribution >= 0.6 is 0 Å². The van der Waals surface area contributed by atoms with Crippen LogP contribution in [0.2, 0.25) is 0 Å². The number of allylic oxidation sites excluding steroid dienone is 2. The molecule has 4 heteroatoms. The number of hydrogen-bond donors (Lipinski definition) is 2. The van der Waals surface area contributed by atoms with Gasteiger partial charge in [0.15, 0.2) is 10.9 Å². The second-order valence-electron chi connectivity index (χ2n) is 6.08. The number of aromatic nitrogens is 2. The van der Waals surface area contributed by atoms with Crippen molar-refractivity contribution in [2.24, 2.45) is 0 Å². The van der Waals surface area contributed by atoms with Gasteiger partial charge in [0.25, 0.3) is 0 Å². The van der Waals surface area contributed by atoms with Crippen molar-refractivity contribution < 1.29 is 0 Å². The fraction of sp³-hybridized carbons (Fsp3) is 0.182.